The summed E-state index contributed by atoms with van der Waals surface area (Å²) >= 11 is 0. The van der Waals surface area contributed by atoms with Crippen molar-refractivity contribution >= 4 is 47.9 Å². The molecule has 7 amide bonds. The second kappa shape index (κ2) is 28.0. The maximum Gasteiger partial charge on any atom is 0.416 e. The lowest BCUT2D eigenvalue weighted by Gasteiger charge is -2.41. The molecule has 0 aromatic heterocycles. The van der Waals surface area contributed by atoms with Crippen molar-refractivity contribution in [2.75, 3.05) is 26.7 Å². The van der Waals surface area contributed by atoms with Gasteiger partial charge in [0.05, 0.1) is 12.7 Å². The Morgan fingerprint density at radius 3 is 1.66 bits per heavy atom. The fourth-order valence-corrected chi connectivity index (χ4v) is 8.11. The number of methoxy groups -OCH3 is 1. The molecule has 19 nitrogen and oxygen atoms in total. The topological polar surface area (TPSA) is 249 Å². The minimum Gasteiger partial charge on any atom is -0.467 e. The van der Waals surface area contributed by atoms with Crippen LogP contribution in [0.15, 0.2) is 54.6 Å². The molecule has 0 bridgehead atoms. The standard InChI is InChI=1S/C54H80F3N7O12/c1-34(2)32-40(43(66)59-39(20-16-17-29-58-47(70)74-50(3,4)5)45(68)64-30-27-53(28-31-64,46(69)73-12)63-49(72)76-52(9,10)11)60-44(67)41(33-36-18-14-13-15-19-36)61-42(65)38(62-48(71)75-51(6,7)8)26-23-35-21-24-37(25-22-35)54(55,56)57/h13-15,18-19,21-22,24-25,34,38-41H,16-17,20,23,26-33H2,1-12H3,(H,58,70)(H,59,66)(H,60,67)(H,61,65)(H,62,71)(H,63,72)/t38-,39-,40-,41-/m1/s1. The van der Waals surface area contributed by atoms with Crippen LogP contribution in [0.2, 0.25) is 0 Å². The third-order valence-corrected chi connectivity index (χ3v) is 11.7. The predicted octanol–water partition coefficient (Wildman–Crippen LogP) is 7.03. The minimum absolute atomic E-state index is 0.0303. The lowest BCUT2D eigenvalue weighted by molar-refractivity contribution is -0.153. The number of piperidine rings is 1. The van der Waals surface area contributed by atoms with E-state index in [0.717, 1.165) is 12.1 Å². The van der Waals surface area contributed by atoms with E-state index in [0.29, 0.717) is 24.0 Å². The van der Waals surface area contributed by atoms with E-state index >= 15 is 0 Å². The average Bonchev–Trinajstić information content (AvgIpc) is 3.29. The summed E-state index contributed by atoms with van der Waals surface area (Å²) in [5, 5.41) is 16.2. The summed E-state index contributed by atoms with van der Waals surface area (Å²) in [4.78, 5) is 111. The van der Waals surface area contributed by atoms with Crippen LogP contribution in [0.25, 0.3) is 0 Å². The van der Waals surface area contributed by atoms with E-state index in [1.807, 2.05) is 13.8 Å². The molecule has 424 valence electrons. The molecule has 1 aliphatic heterocycles. The number of nitrogens with one attached hydrogen (secondary N) is 6. The van der Waals surface area contributed by atoms with Gasteiger partial charge in [0.25, 0.3) is 0 Å². The Morgan fingerprint density at radius 1 is 0.605 bits per heavy atom. The summed E-state index contributed by atoms with van der Waals surface area (Å²) in [6.07, 6.45) is -6.34. The highest BCUT2D eigenvalue weighted by Gasteiger charge is 2.46. The summed E-state index contributed by atoms with van der Waals surface area (Å²) in [5.74, 6) is -3.73. The Kier molecular flexibility index (Phi) is 23.4. The second-order valence-electron chi connectivity index (χ2n) is 22.4. The first kappa shape index (κ1) is 63.7. The van der Waals surface area contributed by atoms with Gasteiger partial charge < -0.3 is 55.7 Å². The first-order valence-electron chi connectivity index (χ1n) is 25.6. The predicted molar refractivity (Wildman–Crippen MR) is 276 cm³/mol. The van der Waals surface area contributed by atoms with Crippen LogP contribution < -0.4 is 31.9 Å². The summed E-state index contributed by atoms with van der Waals surface area (Å²) in [6, 6.07) is 7.95. The lowest BCUT2D eigenvalue weighted by atomic mass is 9.87. The van der Waals surface area contributed by atoms with E-state index in [1.165, 1.54) is 24.1 Å². The van der Waals surface area contributed by atoms with Gasteiger partial charge in [-0.25, -0.2) is 19.2 Å². The number of alkyl halides is 3. The number of carbonyl (C=O) groups is 8. The number of alkyl carbamates (subject to hydrolysis) is 3. The largest absolute Gasteiger partial charge is 0.467 e. The average molecular weight is 1080 g/mol. The third-order valence-electron chi connectivity index (χ3n) is 11.7. The second-order valence-corrected chi connectivity index (χ2v) is 22.4. The monoisotopic (exact) mass is 1080 g/mol. The molecule has 0 saturated carbocycles. The number of nitrogens with zero attached hydrogens (tertiary/aromatic N) is 1. The molecular formula is C54H80F3N7O12. The number of rotatable bonds is 22. The number of esters is 1. The van der Waals surface area contributed by atoms with E-state index in [2.05, 4.69) is 31.9 Å². The number of carbonyl (C=O) groups excluding carboxylic acids is 8. The molecule has 1 aliphatic rings. The van der Waals surface area contributed by atoms with Crippen LogP contribution in [-0.2, 0) is 61.9 Å². The van der Waals surface area contributed by atoms with Crippen molar-refractivity contribution in [1.29, 1.82) is 0 Å². The minimum atomic E-state index is -4.56. The lowest BCUT2D eigenvalue weighted by Crippen LogP contribution is -2.63. The number of halogens is 3. The molecule has 22 heteroatoms. The molecule has 0 radical (unpaired) electrons. The molecule has 0 spiro atoms. The van der Waals surface area contributed by atoms with Gasteiger partial charge in [0.2, 0.25) is 23.6 Å². The van der Waals surface area contributed by atoms with Gasteiger partial charge in [0.1, 0.15) is 46.5 Å². The van der Waals surface area contributed by atoms with E-state index in [1.54, 1.807) is 92.6 Å². The molecule has 3 rings (SSSR count). The summed E-state index contributed by atoms with van der Waals surface area (Å²) in [7, 11) is 1.18. The molecule has 0 unspecified atom stereocenters. The molecule has 2 aromatic rings. The zero-order valence-electron chi connectivity index (χ0n) is 46.0. The fourth-order valence-electron chi connectivity index (χ4n) is 8.11. The number of likely N-dealkylation sites (tertiary alicyclic amines) is 1. The molecule has 2 aromatic carbocycles. The van der Waals surface area contributed by atoms with Crippen LogP contribution in [0.1, 0.15) is 138 Å². The fraction of sp³-hybridized carbons (Fsp3) is 0.630. The molecular weight excluding hydrogens is 996 g/mol. The van der Waals surface area contributed by atoms with Crippen LogP contribution in [-0.4, -0.2) is 126 Å². The molecule has 1 fully saturated rings. The van der Waals surface area contributed by atoms with E-state index < -0.39 is 106 Å². The van der Waals surface area contributed by atoms with Gasteiger partial charge in [-0.05, 0) is 143 Å². The van der Waals surface area contributed by atoms with Crippen molar-refractivity contribution in [1.82, 2.24) is 36.8 Å². The van der Waals surface area contributed by atoms with E-state index in [9.17, 15) is 51.5 Å². The Bertz CT molecular complexity index is 2270. The van der Waals surface area contributed by atoms with Crippen LogP contribution in [0.4, 0.5) is 27.6 Å². The number of unbranched alkanes of at least 4 members (excludes halogenated alkanes) is 1. The highest BCUT2D eigenvalue weighted by molar-refractivity contribution is 5.95. The van der Waals surface area contributed by atoms with Crippen molar-refractivity contribution in [3.05, 3.63) is 71.3 Å². The zero-order valence-corrected chi connectivity index (χ0v) is 46.0. The number of benzene rings is 2. The summed E-state index contributed by atoms with van der Waals surface area (Å²) in [6.45, 7) is 18.8. The van der Waals surface area contributed by atoms with E-state index in [-0.39, 0.29) is 70.5 Å². The number of ether oxygens (including phenoxy) is 4. The van der Waals surface area contributed by atoms with Crippen molar-refractivity contribution in [3.63, 3.8) is 0 Å². The van der Waals surface area contributed by atoms with Gasteiger partial charge in [-0.1, -0.05) is 56.3 Å². The van der Waals surface area contributed by atoms with Gasteiger partial charge in [-0.15, -0.1) is 0 Å². The number of hydrogen-bond acceptors (Lipinski definition) is 12. The molecule has 4 atom stereocenters. The highest BCUT2D eigenvalue weighted by atomic mass is 19.4. The Labute approximate surface area is 444 Å². The van der Waals surface area contributed by atoms with Gasteiger partial charge in [-0.2, -0.15) is 13.2 Å². The van der Waals surface area contributed by atoms with Crippen molar-refractivity contribution in [3.8, 4) is 0 Å². The van der Waals surface area contributed by atoms with Crippen LogP contribution in [0, 0.1) is 5.92 Å². The van der Waals surface area contributed by atoms with E-state index in [4.69, 9.17) is 18.9 Å². The first-order chi connectivity index (χ1) is 35.2. The smallest absolute Gasteiger partial charge is 0.416 e. The molecule has 1 saturated heterocycles. The molecule has 76 heavy (non-hydrogen) atoms. The van der Waals surface area contributed by atoms with Crippen molar-refractivity contribution in [2.45, 2.75) is 187 Å². The zero-order chi connectivity index (χ0) is 57.2. The summed E-state index contributed by atoms with van der Waals surface area (Å²) < 4.78 is 61.2. The third kappa shape index (κ3) is 22.7. The summed E-state index contributed by atoms with van der Waals surface area (Å²) in [5.41, 5.74) is -3.88. The van der Waals surface area contributed by atoms with Gasteiger partial charge in [0, 0.05) is 26.1 Å². The quantitative estimate of drug-likeness (QED) is 0.0395. The van der Waals surface area contributed by atoms with Crippen LogP contribution in [0.3, 0.4) is 0 Å². The first-order valence-corrected chi connectivity index (χ1v) is 25.6. The Morgan fingerprint density at radius 2 is 1.12 bits per heavy atom. The number of amides is 7. The van der Waals surface area contributed by atoms with Crippen molar-refractivity contribution in [2.24, 2.45) is 5.92 Å². The molecule has 6 N–H and O–H groups in total. The van der Waals surface area contributed by atoms with Crippen molar-refractivity contribution < 1.29 is 70.5 Å². The highest BCUT2D eigenvalue weighted by Crippen LogP contribution is 2.30. The maximum atomic E-state index is 14.5. The number of hydrogen-bond donors (Lipinski definition) is 6. The maximum absolute atomic E-state index is 14.5. The van der Waals surface area contributed by atoms with Crippen LogP contribution >= 0.6 is 0 Å². The normalized spacial score (nSPS) is 15.4. The molecule has 1 heterocycles. The van der Waals surface area contributed by atoms with Gasteiger partial charge in [0.15, 0.2) is 0 Å². The number of aryl methyl sites for hydroxylation is 1. The molecule has 0 aliphatic carbocycles. The van der Waals surface area contributed by atoms with Crippen LogP contribution in [0.5, 0.6) is 0 Å². The SMILES string of the molecule is COC(=O)C1(NC(=O)OC(C)(C)C)CCN(C(=O)[C@@H](CCCCNC(=O)OC(C)(C)C)NC(=O)[C@@H](CC(C)C)NC(=O)[C@@H](Cc2ccccc2)NC(=O)[C@@H](CCc2ccc(C(F)(F)F)cc2)NC(=O)OC(C)(C)C)CC1. The van der Waals surface area contributed by atoms with Gasteiger partial charge in [-0.3, -0.25) is 19.2 Å². The Hall–Kier alpha value is -6.61. The Balaban J connectivity index is 1.93. The van der Waals surface area contributed by atoms with Gasteiger partial charge >= 0.3 is 30.4 Å².